The van der Waals surface area contributed by atoms with Crippen LogP contribution in [0.15, 0.2) is 18.6 Å². The van der Waals surface area contributed by atoms with Gasteiger partial charge in [0.2, 0.25) is 0 Å². The van der Waals surface area contributed by atoms with Crippen LogP contribution >= 0.6 is 0 Å². The van der Waals surface area contributed by atoms with Gasteiger partial charge in [-0.15, -0.1) is 5.10 Å². The van der Waals surface area contributed by atoms with Gasteiger partial charge in [-0.2, -0.15) is 0 Å². The summed E-state index contributed by atoms with van der Waals surface area (Å²) in [6.07, 6.45) is 6.56. The van der Waals surface area contributed by atoms with Crippen LogP contribution in [0.25, 0.3) is 0 Å². The molecule has 1 saturated heterocycles. The maximum atomic E-state index is 11.2. The van der Waals surface area contributed by atoms with Crippen molar-refractivity contribution < 1.29 is 9.84 Å². The number of rotatable bonds is 5. The molecule has 0 radical (unpaired) electrons. The fourth-order valence-electron chi connectivity index (χ4n) is 3.01. The largest absolute Gasteiger partial charge is 0.472 e. The lowest BCUT2D eigenvalue weighted by molar-refractivity contribution is 0.0172. The highest BCUT2D eigenvalue weighted by Gasteiger charge is 2.39. The maximum Gasteiger partial charge on any atom is 0.257 e. The van der Waals surface area contributed by atoms with E-state index in [1.54, 1.807) is 17.1 Å². The van der Waals surface area contributed by atoms with E-state index in [1.165, 1.54) is 0 Å². The quantitative estimate of drug-likeness (QED) is 0.884. The van der Waals surface area contributed by atoms with Gasteiger partial charge in [0.15, 0.2) is 5.82 Å². The third-order valence-corrected chi connectivity index (χ3v) is 4.28. The Bertz CT molecular complexity index is 717. The number of aromatic nitrogens is 5. The van der Waals surface area contributed by atoms with Crippen LogP contribution in [0.1, 0.15) is 52.3 Å². The van der Waals surface area contributed by atoms with Crippen molar-refractivity contribution >= 4 is 5.82 Å². The molecule has 1 fully saturated rings. The highest BCUT2D eigenvalue weighted by molar-refractivity contribution is 5.49. The van der Waals surface area contributed by atoms with Gasteiger partial charge < -0.3 is 14.7 Å². The number of hydrogen-bond donors (Lipinski definition) is 1. The van der Waals surface area contributed by atoms with Gasteiger partial charge in [0.1, 0.15) is 11.3 Å². The number of piperidine rings is 1. The minimum atomic E-state index is -1.06. The van der Waals surface area contributed by atoms with Crippen LogP contribution in [0.4, 0.5) is 5.82 Å². The summed E-state index contributed by atoms with van der Waals surface area (Å²) in [6.45, 7) is 9.14. The molecular weight excluding hydrogens is 320 g/mol. The Balaban J connectivity index is 1.85. The van der Waals surface area contributed by atoms with E-state index >= 15 is 0 Å². The summed E-state index contributed by atoms with van der Waals surface area (Å²) in [4.78, 5) is 10.8. The van der Waals surface area contributed by atoms with E-state index < -0.39 is 5.60 Å². The lowest BCUT2D eigenvalue weighted by Gasteiger charge is -2.38. The SMILES string of the molecule is CC(C)Oc1nccnc1N1CCC[C@](O)(c2cn(C(C)C)nn2)C1. The summed E-state index contributed by atoms with van der Waals surface area (Å²) in [7, 11) is 0. The van der Waals surface area contributed by atoms with Crippen LogP contribution < -0.4 is 9.64 Å². The van der Waals surface area contributed by atoms with Crippen LogP contribution in [0.3, 0.4) is 0 Å². The third kappa shape index (κ3) is 3.73. The normalized spacial score (nSPS) is 21.2. The summed E-state index contributed by atoms with van der Waals surface area (Å²) in [5, 5.41) is 19.5. The van der Waals surface area contributed by atoms with Crippen LogP contribution in [-0.4, -0.2) is 49.3 Å². The van der Waals surface area contributed by atoms with Gasteiger partial charge in [-0.3, -0.25) is 0 Å². The van der Waals surface area contributed by atoms with Crippen molar-refractivity contribution in [1.29, 1.82) is 0 Å². The minimum Gasteiger partial charge on any atom is -0.472 e. The van der Waals surface area contributed by atoms with E-state index in [0.717, 1.165) is 13.0 Å². The van der Waals surface area contributed by atoms with Gasteiger partial charge in [-0.05, 0) is 40.5 Å². The predicted octanol–water partition coefficient (Wildman–Crippen LogP) is 1.92. The Kier molecular flexibility index (Phi) is 4.89. The summed E-state index contributed by atoms with van der Waals surface area (Å²) in [5.74, 6) is 1.15. The smallest absolute Gasteiger partial charge is 0.257 e. The van der Waals surface area contributed by atoms with Crippen molar-refractivity contribution in [1.82, 2.24) is 25.0 Å². The average molecular weight is 346 g/mol. The first-order chi connectivity index (χ1) is 11.9. The number of β-amino-alcohol motifs (C(OH)–C–C–N with tert-alkyl or cyclic N) is 1. The molecule has 0 aliphatic carbocycles. The first-order valence-corrected chi connectivity index (χ1v) is 8.76. The van der Waals surface area contributed by atoms with E-state index in [0.29, 0.717) is 30.4 Å². The van der Waals surface area contributed by atoms with Crippen molar-refractivity contribution in [3.8, 4) is 5.88 Å². The summed E-state index contributed by atoms with van der Waals surface area (Å²) < 4.78 is 7.54. The molecule has 0 bridgehead atoms. The fraction of sp³-hybridized carbons (Fsp3) is 0.647. The van der Waals surface area contributed by atoms with Gasteiger partial charge in [0.25, 0.3) is 5.88 Å². The van der Waals surface area contributed by atoms with Gasteiger partial charge in [-0.25, -0.2) is 14.6 Å². The Hall–Kier alpha value is -2.22. The molecule has 3 rings (SSSR count). The summed E-state index contributed by atoms with van der Waals surface area (Å²) >= 11 is 0. The average Bonchev–Trinajstić information content (AvgIpc) is 3.06. The highest BCUT2D eigenvalue weighted by Crippen LogP contribution is 2.34. The number of anilines is 1. The first-order valence-electron chi connectivity index (χ1n) is 8.76. The molecule has 2 aromatic heterocycles. The van der Waals surface area contributed by atoms with Gasteiger partial charge in [0, 0.05) is 25.0 Å². The summed E-state index contributed by atoms with van der Waals surface area (Å²) in [5.41, 5.74) is -0.459. The molecule has 0 saturated carbocycles. The van der Waals surface area contributed by atoms with E-state index in [9.17, 15) is 5.11 Å². The van der Waals surface area contributed by atoms with Crippen molar-refractivity contribution in [2.45, 2.75) is 58.3 Å². The first kappa shape index (κ1) is 17.6. The second-order valence-corrected chi connectivity index (χ2v) is 7.09. The molecule has 25 heavy (non-hydrogen) atoms. The number of aliphatic hydroxyl groups is 1. The molecule has 1 atom stereocenters. The Morgan fingerprint density at radius 1 is 1.20 bits per heavy atom. The lowest BCUT2D eigenvalue weighted by Crippen LogP contribution is -2.47. The van der Waals surface area contributed by atoms with Crippen molar-refractivity contribution in [2.24, 2.45) is 0 Å². The molecule has 0 amide bonds. The van der Waals surface area contributed by atoms with E-state index in [2.05, 4.69) is 20.3 Å². The van der Waals surface area contributed by atoms with Crippen LogP contribution in [0, 0.1) is 0 Å². The van der Waals surface area contributed by atoms with Crippen LogP contribution in [0.5, 0.6) is 5.88 Å². The summed E-state index contributed by atoms with van der Waals surface area (Å²) in [6, 6.07) is 0.204. The second-order valence-electron chi connectivity index (χ2n) is 7.09. The molecule has 2 aromatic rings. The highest BCUT2D eigenvalue weighted by atomic mass is 16.5. The van der Waals surface area contributed by atoms with Crippen molar-refractivity contribution in [2.75, 3.05) is 18.0 Å². The number of ether oxygens (including phenoxy) is 1. The third-order valence-electron chi connectivity index (χ3n) is 4.28. The van der Waals surface area contributed by atoms with E-state index in [1.807, 2.05) is 38.8 Å². The molecule has 8 heteroatoms. The Morgan fingerprint density at radius 2 is 1.96 bits per heavy atom. The molecule has 3 heterocycles. The molecule has 136 valence electrons. The minimum absolute atomic E-state index is 0.00469. The molecule has 1 N–H and O–H groups in total. The second kappa shape index (κ2) is 6.95. The Morgan fingerprint density at radius 3 is 2.64 bits per heavy atom. The van der Waals surface area contributed by atoms with Crippen molar-refractivity contribution in [3.63, 3.8) is 0 Å². The van der Waals surface area contributed by atoms with E-state index in [-0.39, 0.29) is 12.1 Å². The van der Waals surface area contributed by atoms with Gasteiger partial charge in [0.05, 0.1) is 18.8 Å². The topological polar surface area (TPSA) is 89.2 Å². The molecule has 0 unspecified atom stereocenters. The van der Waals surface area contributed by atoms with Gasteiger partial charge in [-0.1, -0.05) is 5.21 Å². The molecule has 0 aromatic carbocycles. The molecule has 0 spiro atoms. The van der Waals surface area contributed by atoms with Crippen LogP contribution in [0.2, 0.25) is 0 Å². The molecule has 1 aliphatic heterocycles. The monoisotopic (exact) mass is 346 g/mol. The Labute approximate surface area is 147 Å². The predicted molar refractivity (Wildman–Crippen MR) is 93.5 cm³/mol. The lowest BCUT2D eigenvalue weighted by atomic mass is 9.90. The number of nitrogens with zero attached hydrogens (tertiary/aromatic N) is 6. The van der Waals surface area contributed by atoms with E-state index in [4.69, 9.17) is 4.74 Å². The van der Waals surface area contributed by atoms with Crippen LogP contribution in [-0.2, 0) is 5.60 Å². The zero-order valence-corrected chi connectivity index (χ0v) is 15.3. The molecule has 8 nitrogen and oxygen atoms in total. The zero-order chi connectivity index (χ0) is 18.0. The van der Waals surface area contributed by atoms with Crippen molar-refractivity contribution in [3.05, 3.63) is 24.3 Å². The van der Waals surface area contributed by atoms with Gasteiger partial charge >= 0.3 is 0 Å². The standard InChI is InChI=1S/C17H26N6O2/c1-12(2)23-10-14(20-21-23)17(24)6-5-9-22(11-17)15-16(25-13(3)4)19-8-7-18-15/h7-8,10,12-13,24H,5-6,9,11H2,1-4H3/t17-/m1/s1. The number of hydrogen-bond acceptors (Lipinski definition) is 7. The molecular formula is C17H26N6O2. The zero-order valence-electron chi connectivity index (χ0n) is 15.3. The maximum absolute atomic E-state index is 11.2. The fourth-order valence-corrected chi connectivity index (χ4v) is 3.01. The molecule has 1 aliphatic rings.